The number of aliphatic hydroxyl groups excluding tert-OH is 1. The number of carbonyl (C=O) groups is 1. The third-order valence-corrected chi connectivity index (χ3v) is 3.46. The van der Waals surface area contributed by atoms with Crippen molar-refractivity contribution < 1.29 is 9.90 Å². The van der Waals surface area contributed by atoms with E-state index in [-0.39, 0.29) is 18.1 Å². The maximum absolute atomic E-state index is 12.0. The monoisotopic (exact) mass is 264 g/mol. The fourth-order valence-electron chi connectivity index (χ4n) is 1.94. The number of likely N-dealkylation sites (N-methyl/N-ethyl adjacent to an activating group) is 1. The summed E-state index contributed by atoms with van der Waals surface area (Å²) < 4.78 is 0. The van der Waals surface area contributed by atoms with Gasteiger partial charge in [0.2, 0.25) is 5.91 Å². The van der Waals surface area contributed by atoms with E-state index in [9.17, 15) is 4.79 Å². The van der Waals surface area contributed by atoms with E-state index in [2.05, 4.69) is 5.32 Å². The van der Waals surface area contributed by atoms with Gasteiger partial charge in [-0.05, 0) is 31.9 Å². The zero-order chi connectivity index (χ0) is 14.3. The molecule has 1 aromatic rings. The van der Waals surface area contributed by atoms with Crippen LogP contribution in [0.1, 0.15) is 26.7 Å². The summed E-state index contributed by atoms with van der Waals surface area (Å²) in [6.45, 7) is 4.37. The minimum absolute atomic E-state index is 0.0239. The minimum atomic E-state index is -0.330. The average Bonchev–Trinajstić information content (AvgIpc) is 2.39. The molecule has 0 radical (unpaired) electrons. The quantitative estimate of drug-likeness (QED) is 0.789. The zero-order valence-electron chi connectivity index (χ0n) is 12.0. The van der Waals surface area contributed by atoms with Crippen LogP contribution >= 0.6 is 0 Å². The Hall–Kier alpha value is -1.55. The molecule has 0 heterocycles. The average molecular weight is 264 g/mol. The molecule has 0 aliphatic rings. The summed E-state index contributed by atoms with van der Waals surface area (Å²) in [5, 5.41) is 12.0. The number of hydrogen-bond acceptors (Lipinski definition) is 3. The van der Waals surface area contributed by atoms with Crippen molar-refractivity contribution in [1.29, 1.82) is 0 Å². The van der Waals surface area contributed by atoms with Crippen molar-refractivity contribution in [3.05, 3.63) is 30.3 Å². The summed E-state index contributed by atoms with van der Waals surface area (Å²) in [6, 6.07) is 9.80. The molecule has 0 bridgehead atoms. The Kier molecular flexibility index (Phi) is 5.83. The summed E-state index contributed by atoms with van der Waals surface area (Å²) in [4.78, 5) is 13.9. The first kappa shape index (κ1) is 15.5. The minimum Gasteiger partial charge on any atom is -0.396 e. The van der Waals surface area contributed by atoms with Gasteiger partial charge in [-0.1, -0.05) is 25.1 Å². The van der Waals surface area contributed by atoms with Gasteiger partial charge in [0.15, 0.2) is 0 Å². The van der Waals surface area contributed by atoms with Crippen LogP contribution in [0.2, 0.25) is 0 Å². The summed E-state index contributed by atoms with van der Waals surface area (Å²) in [5.74, 6) is -0.0239. The molecule has 19 heavy (non-hydrogen) atoms. The Labute approximate surface area is 115 Å². The molecule has 0 fully saturated rings. The van der Waals surface area contributed by atoms with E-state index in [0.717, 1.165) is 12.1 Å². The van der Waals surface area contributed by atoms with Crippen LogP contribution in [0.5, 0.6) is 0 Å². The van der Waals surface area contributed by atoms with Crippen LogP contribution in [-0.4, -0.2) is 36.8 Å². The second kappa shape index (κ2) is 7.14. The molecule has 4 heteroatoms. The van der Waals surface area contributed by atoms with Gasteiger partial charge in [0.25, 0.3) is 0 Å². The lowest BCUT2D eigenvalue weighted by molar-refractivity contribution is -0.121. The van der Waals surface area contributed by atoms with Crippen LogP contribution < -0.4 is 10.2 Å². The Balaban J connectivity index is 2.55. The van der Waals surface area contributed by atoms with Gasteiger partial charge in [0.05, 0.1) is 6.54 Å². The number of hydrogen-bond donors (Lipinski definition) is 2. The van der Waals surface area contributed by atoms with E-state index in [1.165, 1.54) is 0 Å². The number of nitrogens with zero attached hydrogens (tertiary/aromatic N) is 1. The van der Waals surface area contributed by atoms with E-state index in [4.69, 9.17) is 5.11 Å². The van der Waals surface area contributed by atoms with Crippen molar-refractivity contribution in [3.8, 4) is 0 Å². The fourth-order valence-corrected chi connectivity index (χ4v) is 1.94. The standard InChI is InChI=1S/C15H24N2O2/c1-4-15(2,10-11-18)16-14(19)12-17(3)13-8-6-5-7-9-13/h5-9,18H,4,10-12H2,1-3H3,(H,16,19). The summed E-state index contributed by atoms with van der Waals surface area (Å²) in [6.07, 6.45) is 1.37. The summed E-state index contributed by atoms with van der Waals surface area (Å²) >= 11 is 0. The molecule has 2 N–H and O–H groups in total. The highest BCUT2D eigenvalue weighted by Crippen LogP contribution is 2.14. The SMILES string of the molecule is CCC(C)(CCO)NC(=O)CN(C)c1ccccc1. The van der Waals surface area contributed by atoms with Crippen molar-refractivity contribution in [2.45, 2.75) is 32.2 Å². The van der Waals surface area contributed by atoms with Crippen LogP contribution in [0.4, 0.5) is 5.69 Å². The first-order valence-corrected chi connectivity index (χ1v) is 6.69. The molecule has 0 saturated heterocycles. The molecule has 0 saturated carbocycles. The van der Waals surface area contributed by atoms with Gasteiger partial charge in [-0.3, -0.25) is 4.79 Å². The molecular formula is C15H24N2O2. The smallest absolute Gasteiger partial charge is 0.239 e. The van der Waals surface area contributed by atoms with Crippen LogP contribution in [0.3, 0.4) is 0 Å². The normalized spacial score (nSPS) is 13.7. The molecule has 0 aliphatic heterocycles. The highest BCUT2D eigenvalue weighted by atomic mass is 16.3. The third-order valence-electron chi connectivity index (χ3n) is 3.46. The number of aliphatic hydroxyl groups is 1. The van der Waals surface area contributed by atoms with Crippen LogP contribution in [0.25, 0.3) is 0 Å². The van der Waals surface area contributed by atoms with Crippen molar-refractivity contribution in [1.82, 2.24) is 5.32 Å². The maximum atomic E-state index is 12.0. The zero-order valence-corrected chi connectivity index (χ0v) is 12.0. The molecule has 1 rings (SSSR count). The van der Waals surface area contributed by atoms with Gasteiger partial charge < -0.3 is 15.3 Å². The number of benzene rings is 1. The predicted molar refractivity (Wildman–Crippen MR) is 78.3 cm³/mol. The Morgan fingerprint density at radius 1 is 1.37 bits per heavy atom. The van der Waals surface area contributed by atoms with Gasteiger partial charge in [0.1, 0.15) is 0 Å². The first-order valence-electron chi connectivity index (χ1n) is 6.69. The number of rotatable bonds is 7. The van der Waals surface area contributed by atoms with Gasteiger partial charge in [0, 0.05) is 24.9 Å². The fraction of sp³-hybridized carbons (Fsp3) is 0.533. The molecule has 1 aromatic carbocycles. The second-order valence-corrected chi connectivity index (χ2v) is 5.13. The van der Waals surface area contributed by atoms with Gasteiger partial charge in [-0.15, -0.1) is 0 Å². The lowest BCUT2D eigenvalue weighted by Crippen LogP contribution is -2.49. The van der Waals surface area contributed by atoms with Crippen molar-refractivity contribution in [3.63, 3.8) is 0 Å². The summed E-state index contributed by atoms with van der Waals surface area (Å²) in [5.41, 5.74) is 0.682. The number of amides is 1. The lowest BCUT2D eigenvalue weighted by Gasteiger charge is -2.30. The van der Waals surface area contributed by atoms with Crippen LogP contribution in [0, 0.1) is 0 Å². The van der Waals surface area contributed by atoms with Crippen LogP contribution in [0.15, 0.2) is 30.3 Å². The number of para-hydroxylation sites is 1. The Morgan fingerprint density at radius 2 is 2.00 bits per heavy atom. The van der Waals surface area contributed by atoms with Crippen LogP contribution in [-0.2, 0) is 4.79 Å². The molecular weight excluding hydrogens is 240 g/mol. The number of nitrogens with one attached hydrogen (secondary N) is 1. The summed E-state index contributed by atoms with van der Waals surface area (Å²) in [7, 11) is 1.89. The third kappa shape index (κ3) is 4.91. The molecule has 0 aromatic heterocycles. The molecule has 1 unspecified atom stereocenters. The second-order valence-electron chi connectivity index (χ2n) is 5.13. The largest absolute Gasteiger partial charge is 0.396 e. The molecule has 1 atom stereocenters. The number of carbonyl (C=O) groups excluding carboxylic acids is 1. The number of anilines is 1. The predicted octanol–water partition coefficient (Wildman–Crippen LogP) is 1.79. The van der Waals surface area contributed by atoms with E-state index >= 15 is 0 Å². The highest BCUT2D eigenvalue weighted by molar-refractivity contribution is 5.81. The first-order chi connectivity index (χ1) is 9.00. The maximum Gasteiger partial charge on any atom is 0.239 e. The lowest BCUT2D eigenvalue weighted by atomic mass is 9.95. The van der Waals surface area contributed by atoms with Gasteiger partial charge in [-0.25, -0.2) is 0 Å². The van der Waals surface area contributed by atoms with Crippen molar-refractivity contribution in [2.75, 3.05) is 25.1 Å². The van der Waals surface area contributed by atoms with Crippen molar-refractivity contribution >= 4 is 11.6 Å². The molecule has 106 valence electrons. The van der Waals surface area contributed by atoms with E-state index < -0.39 is 0 Å². The molecule has 0 spiro atoms. The van der Waals surface area contributed by atoms with E-state index in [1.807, 2.05) is 56.1 Å². The molecule has 4 nitrogen and oxygen atoms in total. The highest BCUT2D eigenvalue weighted by Gasteiger charge is 2.23. The van der Waals surface area contributed by atoms with E-state index in [1.54, 1.807) is 0 Å². The Bertz CT molecular complexity index is 394. The van der Waals surface area contributed by atoms with E-state index in [0.29, 0.717) is 13.0 Å². The Morgan fingerprint density at radius 3 is 2.53 bits per heavy atom. The topological polar surface area (TPSA) is 52.6 Å². The molecule has 0 aliphatic carbocycles. The van der Waals surface area contributed by atoms with Crippen molar-refractivity contribution in [2.24, 2.45) is 0 Å². The van der Waals surface area contributed by atoms with Gasteiger partial charge >= 0.3 is 0 Å². The molecule has 1 amide bonds. The van der Waals surface area contributed by atoms with Gasteiger partial charge in [-0.2, -0.15) is 0 Å².